The average molecular weight is 306 g/mol. The molecule has 0 spiro atoms. The summed E-state index contributed by atoms with van der Waals surface area (Å²) >= 11 is 0. The number of esters is 1. The number of carbonyl (C=O) groups excluding carboxylic acids is 2. The maximum absolute atomic E-state index is 12.7. The second-order valence-electron chi connectivity index (χ2n) is 6.17. The largest absolute Gasteiger partial charge is 0.463 e. The van der Waals surface area contributed by atoms with Crippen LogP contribution >= 0.6 is 0 Å². The Bertz CT molecular complexity index is 568. The van der Waals surface area contributed by atoms with Gasteiger partial charge in [-0.1, -0.05) is 12.8 Å². The van der Waals surface area contributed by atoms with Crippen molar-refractivity contribution < 1.29 is 18.7 Å². The molecule has 2 aliphatic rings. The molecule has 2 atom stereocenters. The normalized spacial score (nSPS) is 27.2. The van der Waals surface area contributed by atoms with E-state index in [0.717, 1.165) is 32.4 Å². The van der Waals surface area contributed by atoms with Crippen LogP contribution in [0.4, 0.5) is 0 Å². The first-order valence-electron chi connectivity index (χ1n) is 7.82. The number of rotatable bonds is 4. The lowest BCUT2D eigenvalue weighted by molar-refractivity contribution is -0.134. The molecule has 3 rings (SSSR count). The number of furan rings is 1. The minimum absolute atomic E-state index is 0.0956. The molecule has 1 amide bonds. The Morgan fingerprint density at radius 1 is 1.45 bits per heavy atom. The third-order valence-electron chi connectivity index (χ3n) is 4.96. The van der Waals surface area contributed by atoms with Gasteiger partial charge in [0.2, 0.25) is 11.7 Å². The molecule has 2 N–H and O–H groups in total. The van der Waals surface area contributed by atoms with E-state index < -0.39 is 5.97 Å². The van der Waals surface area contributed by atoms with Gasteiger partial charge < -0.3 is 19.8 Å². The second-order valence-corrected chi connectivity index (χ2v) is 6.17. The summed E-state index contributed by atoms with van der Waals surface area (Å²) in [4.78, 5) is 24.0. The highest BCUT2D eigenvalue weighted by Crippen LogP contribution is 2.43. The van der Waals surface area contributed by atoms with Gasteiger partial charge in [-0.25, -0.2) is 4.79 Å². The van der Waals surface area contributed by atoms with E-state index in [1.54, 1.807) is 12.1 Å². The quantitative estimate of drug-likeness (QED) is 0.823. The van der Waals surface area contributed by atoms with Gasteiger partial charge in [0.1, 0.15) is 5.76 Å². The monoisotopic (exact) mass is 306 g/mol. The molecule has 1 aromatic heterocycles. The first-order chi connectivity index (χ1) is 10.7. The molecule has 6 nitrogen and oxygen atoms in total. The van der Waals surface area contributed by atoms with E-state index in [9.17, 15) is 9.59 Å². The fraction of sp³-hybridized carbons (Fsp3) is 0.625. The van der Waals surface area contributed by atoms with Crippen LogP contribution in [0, 0.1) is 11.3 Å². The van der Waals surface area contributed by atoms with Gasteiger partial charge in [0, 0.05) is 6.54 Å². The molecule has 0 bridgehead atoms. The van der Waals surface area contributed by atoms with Crippen LogP contribution in [0.2, 0.25) is 0 Å². The fourth-order valence-corrected chi connectivity index (χ4v) is 3.72. The Balaban J connectivity index is 1.62. The molecule has 2 fully saturated rings. The molecule has 120 valence electrons. The second kappa shape index (κ2) is 6.12. The molecule has 1 saturated heterocycles. The third-order valence-corrected chi connectivity index (χ3v) is 4.96. The molecule has 0 unspecified atom stereocenters. The Morgan fingerprint density at radius 2 is 2.32 bits per heavy atom. The summed E-state index contributed by atoms with van der Waals surface area (Å²) in [5.74, 6) is 0.733. The van der Waals surface area contributed by atoms with E-state index in [-0.39, 0.29) is 17.1 Å². The zero-order valence-electron chi connectivity index (χ0n) is 12.8. The summed E-state index contributed by atoms with van der Waals surface area (Å²) in [7, 11) is 1.31. The highest BCUT2D eigenvalue weighted by atomic mass is 16.5. The molecule has 2 heterocycles. The summed E-state index contributed by atoms with van der Waals surface area (Å²) in [6, 6.07) is 3.25. The van der Waals surface area contributed by atoms with Crippen molar-refractivity contribution in [2.24, 2.45) is 11.3 Å². The Morgan fingerprint density at radius 3 is 3.14 bits per heavy atom. The van der Waals surface area contributed by atoms with E-state index in [4.69, 9.17) is 4.42 Å². The van der Waals surface area contributed by atoms with Crippen LogP contribution in [0.3, 0.4) is 0 Å². The number of carbonyl (C=O) groups is 2. The molecule has 1 saturated carbocycles. The van der Waals surface area contributed by atoms with E-state index in [0.29, 0.717) is 18.2 Å². The van der Waals surface area contributed by atoms with Gasteiger partial charge in [-0.15, -0.1) is 0 Å². The Kier molecular flexibility index (Phi) is 4.20. The lowest BCUT2D eigenvalue weighted by atomic mass is 9.67. The van der Waals surface area contributed by atoms with Crippen LogP contribution in [0.5, 0.6) is 0 Å². The molecule has 6 heteroatoms. The van der Waals surface area contributed by atoms with Crippen molar-refractivity contribution in [3.63, 3.8) is 0 Å². The molecular formula is C16H22N2O4. The number of methoxy groups -OCH3 is 1. The van der Waals surface area contributed by atoms with Crippen LogP contribution in [0.25, 0.3) is 0 Å². The van der Waals surface area contributed by atoms with Gasteiger partial charge in [-0.2, -0.15) is 0 Å². The van der Waals surface area contributed by atoms with Crippen LogP contribution in [-0.2, 0) is 16.1 Å². The van der Waals surface area contributed by atoms with Crippen LogP contribution in [0.1, 0.15) is 42.0 Å². The summed E-state index contributed by atoms with van der Waals surface area (Å²) in [6.07, 6.45) is 4.39. The van der Waals surface area contributed by atoms with E-state index in [1.165, 1.54) is 13.5 Å². The summed E-state index contributed by atoms with van der Waals surface area (Å²) in [5.41, 5.74) is -0.268. The minimum Gasteiger partial charge on any atom is -0.463 e. The number of ether oxygens (including phenoxy) is 1. The number of fused-ring (bicyclic) bond motifs is 1. The van der Waals surface area contributed by atoms with Crippen molar-refractivity contribution in [3.05, 3.63) is 23.7 Å². The lowest BCUT2D eigenvalue weighted by Gasteiger charge is -2.37. The SMILES string of the molecule is COC(=O)c1ccc(CNC(=O)[C@@]23CCCC[C@H]2CNC3)o1. The van der Waals surface area contributed by atoms with E-state index in [2.05, 4.69) is 15.4 Å². The van der Waals surface area contributed by atoms with Crippen LogP contribution in [0.15, 0.2) is 16.5 Å². The van der Waals surface area contributed by atoms with Crippen molar-refractivity contribution >= 4 is 11.9 Å². The molecule has 0 aromatic carbocycles. The van der Waals surface area contributed by atoms with Crippen molar-refractivity contribution in [1.82, 2.24) is 10.6 Å². The first kappa shape index (κ1) is 15.1. The van der Waals surface area contributed by atoms with Crippen LogP contribution < -0.4 is 10.6 Å². The highest BCUT2D eigenvalue weighted by Gasteiger charge is 2.49. The fourth-order valence-electron chi connectivity index (χ4n) is 3.72. The summed E-state index contributed by atoms with van der Waals surface area (Å²) in [6.45, 7) is 1.99. The zero-order chi connectivity index (χ0) is 15.6. The van der Waals surface area contributed by atoms with Gasteiger partial charge in [0.25, 0.3) is 0 Å². The topological polar surface area (TPSA) is 80.6 Å². The maximum Gasteiger partial charge on any atom is 0.373 e. The van der Waals surface area contributed by atoms with Crippen molar-refractivity contribution in [1.29, 1.82) is 0 Å². The molecular weight excluding hydrogens is 284 g/mol. The van der Waals surface area contributed by atoms with Crippen molar-refractivity contribution in [2.45, 2.75) is 32.2 Å². The molecule has 1 aliphatic heterocycles. The first-order valence-corrected chi connectivity index (χ1v) is 7.82. The molecule has 1 aromatic rings. The van der Waals surface area contributed by atoms with E-state index in [1.807, 2.05) is 0 Å². The number of hydrogen-bond acceptors (Lipinski definition) is 5. The number of nitrogens with one attached hydrogen (secondary N) is 2. The predicted octanol–water partition coefficient (Wildman–Crippen LogP) is 1.46. The maximum atomic E-state index is 12.7. The van der Waals surface area contributed by atoms with Gasteiger partial charge in [0.05, 0.1) is 19.1 Å². The Labute approximate surface area is 129 Å². The molecule has 0 radical (unpaired) electrons. The summed E-state index contributed by atoms with van der Waals surface area (Å²) in [5, 5.41) is 6.34. The third kappa shape index (κ3) is 2.63. The average Bonchev–Trinajstić information content (AvgIpc) is 3.19. The predicted molar refractivity (Wildman–Crippen MR) is 79.2 cm³/mol. The molecule has 1 aliphatic carbocycles. The van der Waals surface area contributed by atoms with Gasteiger partial charge in [-0.05, 0) is 37.4 Å². The van der Waals surface area contributed by atoms with Crippen molar-refractivity contribution in [2.75, 3.05) is 20.2 Å². The van der Waals surface area contributed by atoms with E-state index >= 15 is 0 Å². The van der Waals surface area contributed by atoms with Gasteiger partial charge in [-0.3, -0.25) is 4.79 Å². The zero-order valence-corrected chi connectivity index (χ0v) is 12.8. The van der Waals surface area contributed by atoms with Gasteiger partial charge in [0.15, 0.2) is 0 Å². The highest BCUT2D eigenvalue weighted by molar-refractivity contribution is 5.86. The number of amides is 1. The Hall–Kier alpha value is -1.82. The lowest BCUT2D eigenvalue weighted by Crippen LogP contribution is -2.47. The number of hydrogen-bond donors (Lipinski definition) is 2. The summed E-state index contributed by atoms with van der Waals surface area (Å²) < 4.78 is 9.98. The standard InChI is InChI=1S/C16H22N2O4/c1-21-14(19)13-6-5-12(22-13)9-18-15(20)16-7-3-2-4-11(16)8-17-10-16/h5-6,11,17H,2-4,7-10H2,1H3,(H,18,20)/t11-,16+/m0/s1. The minimum atomic E-state index is -0.511. The van der Waals surface area contributed by atoms with Crippen LogP contribution in [-0.4, -0.2) is 32.1 Å². The molecule has 22 heavy (non-hydrogen) atoms. The van der Waals surface area contributed by atoms with Gasteiger partial charge >= 0.3 is 5.97 Å². The van der Waals surface area contributed by atoms with Crippen molar-refractivity contribution in [3.8, 4) is 0 Å². The smallest absolute Gasteiger partial charge is 0.373 e.